The Morgan fingerprint density at radius 1 is 1.17 bits per heavy atom. The molecule has 0 aliphatic rings. The first-order valence-electron chi connectivity index (χ1n) is 6.62. The SMILES string of the molecule is CCNC(CCc1sccc1C)c1ccccc1. The molecule has 0 fully saturated rings. The molecular formula is C16H21NS. The average molecular weight is 259 g/mol. The monoisotopic (exact) mass is 259 g/mol. The number of thiophene rings is 1. The molecule has 1 N–H and O–H groups in total. The minimum Gasteiger partial charge on any atom is -0.310 e. The Hall–Kier alpha value is -1.12. The lowest BCUT2D eigenvalue weighted by molar-refractivity contribution is 0.516. The molecule has 0 saturated heterocycles. The Balaban J connectivity index is 2.01. The van der Waals surface area contributed by atoms with Gasteiger partial charge < -0.3 is 5.32 Å². The maximum absolute atomic E-state index is 3.59. The zero-order valence-electron chi connectivity index (χ0n) is 11.1. The van der Waals surface area contributed by atoms with E-state index in [2.05, 4.69) is 60.9 Å². The summed E-state index contributed by atoms with van der Waals surface area (Å²) in [6.07, 6.45) is 2.33. The normalized spacial score (nSPS) is 12.6. The van der Waals surface area contributed by atoms with Gasteiger partial charge in [0.05, 0.1) is 0 Å². The third-order valence-corrected chi connectivity index (χ3v) is 4.36. The predicted molar refractivity (Wildman–Crippen MR) is 80.2 cm³/mol. The van der Waals surface area contributed by atoms with Gasteiger partial charge in [-0.2, -0.15) is 0 Å². The van der Waals surface area contributed by atoms with Crippen LogP contribution in [0.15, 0.2) is 41.8 Å². The van der Waals surface area contributed by atoms with Crippen molar-refractivity contribution < 1.29 is 0 Å². The van der Waals surface area contributed by atoms with E-state index >= 15 is 0 Å². The molecule has 96 valence electrons. The van der Waals surface area contributed by atoms with E-state index in [9.17, 15) is 0 Å². The molecule has 0 bridgehead atoms. The Labute approximate surface area is 114 Å². The van der Waals surface area contributed by atoms with Gasteiger partial charge in [0.1, 0.15) is 0 Å². The Kier molecular flexibility index (Phi) is 4.97. The largest absolute Gasteiger partial charge is 0.310 e. The zero-order chi connectivity index (χ0) is 12.8. The molecule has 0 aliphatic carbocycles. The molecule has 1 aromatic carbocycles. The summed E-state index contributed by atoms with van der Waals surface area (Å²) in [5.74, 6) is 0. The van der Waals surface area contributed by atoms with E-state index in [0.29, 0.717) is 6.04 Å². The molecule has 0 amide bonds. The number of hydrogen-bond donors (Lipinski definition) is 1. The van der Waals surface area contributed by atoms with E-state index in [-0.39, 0.29) is 0 Å². The van der Waals surface area contributed by atoms with Crippen molar-refractivity contribution in [3.8, 4) is 0 Å². The second-order valence-corrected chi connectivity index (χ2v) is 5.59. The minimum absolute atomic E-state index is 0.470. The average Bonchev–Trinajstić information content (AvgIpc) is 2.81. The van der Waals surface area contributed by atoms with Crippen LogP contribution < -0.4 is 5.32 Å². The molecule has 0 saturated carbocycles. The fourth-order valence-electron chi connectivity index (χ4n) is 2.25. The van der Waals surface area contributed by atoms with Gasteiger partial charge in [0.25, 0.3) is 0 Å². The number of hydrogen-bond acceptors (Lipinski definition) is 2. The van der Waals surface area contributed by atoms with Crippen LogP contribution in [0.4, 0.5) is 0 Å². The van der Waals surface area contributed by atoms with Crippen LogP contribution in [0, 0.1) is 6.92 Å². The van der Waals surface area contributed by atoms with E-state index in [0.717, 1.165) is 13.0 Å². The molecule has 0 radical (unpaired) electrons. The van der Waals surface area contributed by atoms with E-state index in [1.165, 1.54) is 22.4 Å². The Bertz CT molecular complexity index is 461. The van der Waals surface area contributed by atoms with Gasteiger partial charge in [-0.05, 0) is 48.9 Å². The molecule has 18 heavy (non-hydrogen) atoms. The van der Waals surface area contributed by atoms with Crippen molar-refractivity contribution in [2.24, 2.45) is 0 Å². The molecular weight excluding hydrogens is 238 g/mol. The van der Waals surface area contributed by atoms with Crippen LogP contribution in [0.1, 0.15) is 35.4 Å². The van der Waals surface area contributed by atoms with Crippen LogP contribution in [0.2, 0.25) is 0 Å². The summed E-state index contributed by atoms with van der Waals surface area (Å²) in [6, 6.07) is 13.4. The van der Waals surface area contributed by atoms with Gasteiger partial charge in [-0.15, -0.1) is 11.3 Å². The molecule has 1 heterocycles. The van der Waals surface area contributed by atoms with Gasteiger partial charge in [0.15, 0.2) is 0 Å². The second-order valence-electron chi connectivity index (χ2n) is 4.59. The smallest absolute Gasteiger partial charge is 0.0323 e. The summed E-state index contributed by atoms with van der Waals surface area (Å²) in [6.45, 7) is 5.39. The number of aryl methyl sites for hydroxylation is 2. The molecule has 1 atom stereocenters. The summed E-state index contributed by atoms with van der Waals surface area (Å²) in [7, 11) is 0. The quantitative estimate of drug-likeness (QED) is 0.813. The maximum Gasteiger partial charge on any atom is 0.0323 e. The first-order chi connectivity index (χ1) is 8.81. The van der Waals surface area contributed by atoms with Gasteiger partial charge in [-0.3, -0.25) is 0 Å². The lowest BCUT2D eigenvalue weighted by Crippen LogP contribution is -2.21. The van der Waals surface area contributed by atoms with Crippen molar-refractivity contribution in [2.45, 2.75) is 32.7 Å². The number of nitrogens with one attached hydrogen (secondary N) is 1. The summed E-state index contributed by atoms with van der Waals surface area (Å²) < 4.78 is 0. The predicted octanol–water partition coefficient (Wildman–Crippen LogP) is 4.34. The van der Waals surface area contributed by atoms with Crippen LogP contribution in [0.5, 0.6) is 0 Å². The third-order valence-electron chi connectivity index (χ3n) is 3.28. The molecule has 2 heteroatoms. The van der Waals surface area contributed by atoms with Crippen molar-refractivity contribution in [3.63, 3.8) is 0 Å². The zero-order valence-corrected chi connectivity index (χ0v) is 12.0. The maximum atomic E-state index is 3.59. The van der Waals surface area contributed by atoms with E-state index in [1.54, 1.807) is 0 Å². The number of rotatable bonds is 6. The second kappa shape index (κ2) is 6.72. The van der Waals surface area contributed by atoms with Crippen molar-refractivity contribution >= 4 is 11.3 Å². The molecule has 0 aliphatic heterocycles. The summed E-state index contributed by atoms with van der Waals surface area (Å²) >= 11 is 1.88. The summed E-state index contributed by atoms with van der Waals surface area (Å²) in [5, 5.41) is 5.78. The highest BCUT2D eigenvalue weighted by molar-refractivity contribution is 7.10. The van der Waals surface area contributed by atoms with Crippen LogP contribution >= 0.6 is 11.3 Å². The van der Waals surface area contributed by atoms with Gasteiger partial charge >= 0.3 is 0 Å². The van der Waals surface area contributed by atoms with Crippen molar-refractivity contribution in [1.29, 1.82) is 0 Å². The first kappa shape index (κ1) is 13.3. The summed E-state index contributed by atoms with van der Waals surface area (Å²) in [5.41, 5.74) is 2.83. The molecule has 1 nitrogen and oxygen atoms in total. The lowest BCUT2D eigenvalue weighted by atomic mass is 10.0. The van der Waals surface area contributed by atoms with Crippen LogP contribution in [0.25, 0.3) is 0 Å². The van der Waals surface area contributed by atoms with Crippen LogP contribution in [-0.4, -0.2) is 6.54 Å². The Morgan fingerprint density at radius 3 is 2.56 bits per heavy atom. The van der Waals surface area contributed by atoms with E-state index < -0.39 is 0 Å². The van der Waals surface area contributed by atoms with Gasteiger partial charge in [0, 0.05) is 10.9 Å². The van der Waals surface area contributed by atoms with Crippen LogP contribution in [0.3, 0.4) is 0 Å². The van der Waals surface area contributed by atoms with Gasteiger partial charge in [-0.25, -0.2) is 0 Å². The Morgan fingerprint density at radius 2 is 1.94 bits per heavy atom. The summed E-state index contributed by atoms with van der Waals surface area (Å²) in [4.78, 5) is 1.52. The van der Waals surface area contributed by atoms with Crippen molar-refractivity contribution in [2.75, 3.05) is 6.54 Å². The molecule has 1 unspecified atom stereocenters. The molecule has 2 rings (SSSR count). The highest BCUT2D eigenvalue weighted by atomic mass is 32.1. The highest BCUT2D eigenvalue weighted by Gasteiger charge is 2.10. The van der Waals surface area contributed by atoms with Crippen molar-refractivity contribution in [1.82, 2.24) is 5.32 Å². The number of benzene rings is 1. The van der Waals surface area contributed by atoms with E-state index in [1.807, 2.05) is 11.3 Å². The minimum atomic E-state index is 0.470. The fraction of sp³-hybridized carbons (Fsp3) is 0.375. The third kappa shape index (κ3) is 3.44. The van der Waals surface area contributed by atoms with Crippen LogP contribution in [-0.2, 0) is 6.42 Å². The standard InChI is InChI=1S/C16H21NS/c1-3-17-15(14-7-5-4-6-8-14)9-10-16-13(2)11-12-18-16/h4-8,11-12,15,17H,3,9-10H2,1-2H3. The lowest BCUT2D eigenvalue weighted by Gasteiger charge is -2.18. The van der Waals surface area contributed by atoms with Gasteiger partial charge in [-0.1, -0.05) is 37.3 Å². The molecule has 1 aromatic heterocycles. The topological polar surface area (TPSA) is 12.0 Å². The molecule has 0 spiro atoms. The fourth-order valence-corrected chi connectivity index (χ4v) is 3.18. The molecule has 2 aromatic rings. The highest BCUT2D eigenvalue weighted by Crippen LogP contribution is 2.23. The first-order valence-corrected chi connectivity index (χ1v) is 7.50. The van der Waals surface area contributed by atoms with E-state index in [4.69, 9.17) is 0 Å². The van der Waals surface area contributed by atoms with Crippen molar-refractivity contribution in [3.05, 3.63) is 57.8 Å². The van der Waals surface area contributed by atoms with Gasteiger partial charge in [0.2, 0.25) is 0 Å².